The summed E-state index contributed by atoms with van der Waals surface area (Å²) in [4.78, 5) is 42.8. The number of aromatic nitrogens is 2. The van der Waals surface area contributed by atoms with E-state index in [1.807, 2.05) is 30.3 Å². The first-order valence-electron chi connectivity index (χ1n) is 11.4. The number of rotatable bonds is 7. The van der Waals surface area contributed by atoms with Crippen molar-refractivity contribution in [3.63, 3.8) is 0 Å². The van der Waals surface area contributed by atoms with Gasteiger partial charge in [-0.25, -0.2) is 9.59 Å². The van der Waals surface area contributed by atoms with Gasteiger partial charge in [0.15, 0.2) is 5.82 Å². The number of carbonyl (C=O) groups is 2. The van der Waals surface area contributed by atoms with Crippen LogP contribution in [-0.2, 0) is 16.6 Å². The lowest BCUT2D eigenvalue weighted by Gasteiger charge is -2.32. The molecule has 0 saturated carbocycles. The molecule has 186 valence electrons. The molecule has 2 heterocycles. The average molecular weight is 490 g/mol. The van der Waals surface area contributed by atoms with Crippen LogP contribution in [0.4, 0.5) is 11.6 Å². The molecule has 1 aliphatic heterocycles. The quantitative estimate of drug-likeness (QED) is 0.342. The normalized spacial score (nSPS) is 14.4. The third-order valence-electron chi connectivity index (χ3n) is 5.88. The Balaban J connectivity index is 1.81. The second-order valence-corrected chi connectivity index (χ2v) is 8.10. The summed E-state index contributed by atoms with van der Waals surface area (Å²) >= 11 is 0. The fourth-order valence-electron chi connectivity index (χ4n) is 4.16. The number of esters is 1. The number of carbonyl (C=O) groups excluding carboxylic acids is 2. The minimum Gasteiger partial charge on any atom is -0.497 e. The molecule has 0 spiro atoms. The van der Waals surface area contributed by atoms with Gasteiger partial charge in [-0.2, -0.15) is 4.98 Å². The van der Waals surface area contributed by atoms with Gasteiger partial charge < -0.3 is 14.8 Å². The van der Waals surface area contributed by atoms with Crippen LogP contribution in [0, 0.1) is 0 Å². The van der Waals surface area contributed by atoms with Gasteiger partial charge in [-0.15, -0.1) is 0 Å². The van der Waals surface area contributed by atoms with E-state index < -0.39 is 23.5 Å². The molecular weight excluding hydrogens is 462 g/mol. The van der Waals surface area contributed by atoms with E-state index in [-0.39, 0.29) is 12.4 Å². The second-order valence-electron chi connectivity index (χ2n) is 8.10. The zero-order valence-electron chi connectivity index (χ0n) is 20.4. The minimum atomic E-state index is -0.614. The van der Waals surface area contributed by atoms with E-state index in [0.717, 1.165) is 5.56 Å². The van der Waals surface area contributed by atoms with E-state index in [4.69, 9.17) is 9.47 Å². The largest absolute Gasteiger partial charge is 0.497 e. The van der Waals surface area contributed by atoms with Gasteiger partial charge in [0.05, 0.1) is 25.2 Å². The van der Waals surface area contributed by atoms with E-state index in [1.165, 1.54) is 11.7 Å². The Morgan fingerprint density at radius 3 is 2.58 bits per heavy atom. The molecule has 1 amide bonds. The number of amides is 1. The van der Waals surface area contributed by atoms with E-state index in [0.29, 0.717) is 34.0 Å². The minimum absolute atomic E-state index is 0.111. The molecule has 1 aromatic heterocycles. The number of anilines is 2. The van der Waals surface area contributed by atoms with Gasteiger partial charge in [0.2, 0.25) is 0 Å². The maximum atomic E-state index is 13.1. The third kappa shape index (κ3) is 4.65. The van der Waals surface area contributed by atoms with E-state index >= 15 is 0 Å². The van der Waals surface area contributed by atoms with Gasteiger partial charge in [-0.3, -0.25) is 20.2 Å². The van der Waals surface area contributed by atoms with Crippen LogP contribution in [0.5, 0.6) is 5.75 Å². The highest BCUT2D eigenvalue weighted by Crippen LogP contribution is 2.44. The van der Waals surface area contributed by atoms with Gasteiger partial charge >= 0.3 is 11.7 Å². The number of nitrogens with zero attached hydrogens (tertiary/aromatic N) is 2. The number of nitrogens with one attached hydrogen (secondary N) is 3. The number of hydrogen-bond acceptors (Lipinski definition) is 8. The molecule has 3 aromatic rings. The smallest absolute Gasteiger partial charge is 0.350 e. The molecule has 0 saturated heterocycles. The molecule has 0 aliphatic carbocycles. The van der Waals surface area contributed by atoms with Crippen LogP contribution < -0.4 is 26.6 Å². The van der Waals surface area contributed by atoms with E-state index in [2.05, 4.69) is 21.2 Å². The predicted octanol–water partition coefficient (Wildman–Crippen LogP) is 2.94. The van der Waals surface area contributed by atoms with Gasteiger partial charge in [0.1, 0.15) is 11.6 Å². The molecule has 10 nitrogen and oxygen atoms in total. The number of hydrogen-bond donors (Lipinski definition) is 3. The van der Waals surface area contributed by atoms with Crippen LogP contribution in [-0.4, -0.2) is 35.1 Å². The summed E-state index contributed by atoms with van der Waals surface area (Å²) in [5.41, 5.74) is 7.47. The first-order chi connectivity index (χ1) is 17.3. The molecule has 10 heteroatoms. The highest BCUT2D eigenvalue weighted by atomic mass is 16.5. The average Bonchev–Trinajstić information content (AvgIpc) is 2.89. The maximum absolute atomic E-state index is 13.1. The molecule has 0 unspecified atom stereocenters. The predicted molar refractivity (Wildman–Crippen MR) is 135 cm³/mol. The lowest BCUT2D eigenvalue weighted by Crippen LogP contribution is -2.36. The lowest BCUT2D eigenvalue weighted by molar-refractivity contribution is -0.138. The summed E-state index contributed by atoms with van der Waals surface area (Å²) in [5.74, 6) is -0.464. The van der Waals surface area contributed by atoms with Crippen LogP contribution in [0.2, 0.25) is 0 Å². The van der Waals surface area contributed by atoms with E-state index in [1.54, 1.807) is 45.2 Å². The molecule has 36 heavy (non-hydrogen) atoms. The summed E-state index contributed by atoms with van der Waals surface area (Å²) in [7, 11) is 3.10. The summed E-state index contributed by atoms with van der Waals surface area (Å²) in [6.45, 7) is 3.70. The van der Waals surface area contributed by atoms with Crippen molar-refractivity contribution in [2.75, 3.05) is 24.5 Å². The standard InChI is InChI=1S/C26H27N5O5/c1-5-36-25(33)19-15(2)27-23-21(20(19)16-10-7-6-8-11-16)22(28-26(34)31(23)3)29-30-24(32)17-12-9-13-18(14-17)35-4/h6-14,20,27H,5H2,1-4H3,(H,30,32)(H,28,29,34)/t20-/m1/s1. The Labute approximate surface area is 207 Å². The Bertz CT molecular complexity index is 1400. The zero-order chi connectivity index (χ0) is 25.8. The van der Waals surface area contributed by atoms with Crippen LogP contribution in [0.15, 0.2) is 70.7 Å². The number of ether oxygens (including phenoxy) is 2. The first-order valence-corrected chi connectivity index (χ1v) is 11.4. The highest BCUT2D eigenvalue weighted by Gasteiger charge is 2.37. The Kier molecular flexibility index (Phi) is 7.05. The SMILES string of the molecule is CCOC(=O)C1=C(C)Nc2c(c(NNC(=O)c3cccc(OC)c3)nc(=O)n2C)[C@@H]1c1ccccc1. The van der Waals surface area contributed by atoms with Crippen LogP contribution in [0.25, 0.3) is 0 Å². The van der Waals surface area contributed by atoms with Crippen molar-refractivity contribution in [3.8, 4) is 5.75 Å². The van der Waals surface area contributed by atoms with Crippen molar-refractivity contribution < 1.29 is 19.1 Å². The Morgan fingerprint density at radius 2 is 1.89 bits per heavy atom. The molecular formula is C26H27N5O5. The summed E-state index contributed by atoms with van der Waals surface area (Å²) in [5, 5.41) is 3.17. The monoisotopic (exact) mass is 489 g/mol. The van der Waals surface area contributed by atoms with Gasteiger partial charge in [-0.05, 0) is 37.6 Å². The number of benzene rings is 2. The molecule has 0 radical (unpaired) electrons. The molecule has 1 aliphatic rings. The first kappa shape index (κ1) is 24.5. The summed E-state index contributed by atoms with van der Waals surface area (Å²) in [6, 6.07) is 16.0. The zero-order valence-corrected chi connectivity index (χ0v) is 20.4. The Hall–Kier alpha value is -4.60. The van der Waals surface area contributed by atoms with Crippen molar-refractivity contribution in [2.45, 2.75) is 19.8 Å². The number of allylic oxidation sites excluding steroid dienone is 1. The van der Waals surface area contributed by atoms with Crippen molar-refractivity contribution >= 4 is 23.5 Å². The van der Waals surface area contributed by atoms with Gasteiger partial charge in [0.25, 0.3) is 5.91 Å². The molecule has 4 rings (SSSR count). The summed E-state index contributed by atoms with van der Waals surface area (Å²) in [6.07, 6.45) is 0. The topological polar surface area (TPSA) is 124 Å². The molecule has 0 fully saturated rings. The molecule has 1 atom stereocenters. The van der Waals surface area contributed by atoms with Crippen LogP contribution in [0.3, 0.4) is 0 Å². The van der Waals surface area contributed by atoms with Gasteiger partial charge in [-0.1, -0.05) is 36.4 Å². The van der Waals surface area contributed by atoms with Crippen LogP contribution >= 0.6 is 0 Å². The third-order valence-corrected chi connectivity index (χ3v) is 5.88. The fraction of sp³-hybridized carbons (Fsp3) is 0.231. The fourth-order valence-corrected chi connectivity index (χ4v) is 4.16. The van der Waals surface area contributed by atoms with Gasteiger partial charge in [0, 0.05) is 23.9 Å². The Morgan fingerprint density at radius 1 is 1.14 bits per heavy atom. The van der Waals surface area contributed by atoms with E-state index in [9.17, 15) is 14.4 Å². The maximum Gasteiger partial charge on any atom is 0.350 e. The molecule has 2 aromatic carbocycles. The number of methoxy groups -OCH3 is 1. The van der Waals surface area contributed by atoms with Crippen molar-refractivity contribution in [1.82, 2.24) is 15.0 Å². The molecule has 0 bridgehead atoms. The van der Waals surface area contributed by atoms with Crippen molar-refractivity contribution in [2.24, 2.45) is 7.05 Å². The highest BCUT2D eigenvalue weighted by molar-refractivity contribution is 5.96. The van der Waals surface area contributed by atoms with Crippen molar-refractivity contribution in [1.29, 1.82) is 0 Å². The van der Waals surface area contributed by atoms with Crippen LogP contribution in [0.1, 0.15) is 41.3 Å². The summed E-state index contributed by atoms with van der Waals surface area (Å²) < 4.78 is 11.9. The lowest BCUT2D eigenvalue weighted by atomic mass is 9.82. The number of fused-ring (bicyclic) bond motifs is 1. The molecule has 3 N–H and O–H groups in total. The number of hydrazine groups is 1. The second kappa shape index (κ2) is 10.3. The van der Waals surface area contributed by atoms with Crippen molar-refractivity contribution in [3.05, 3.63) is 93.0 Å².